The molecule has 1 aromatic carbocycles. The largest absolute Gasteiger partial charge is 0.493 e. The van der Waals surface area contributed by atoms with Crippen LogP contribution in [0.15, 0.2) is 29.7 Å². The summed E-state index contributed by atoms with van der Waals surface area (Å²) in [5, 5.41) is 4.53. The molecule has 2 aliphatic rings. The van der Waals surface area contributed by atoms with Crippen molar-refractivity contribution in [2.75, 3.05) is 12.4 Å². The SMILES string of the molecule is O=S1(=O)C=CC(NCc2ccc3c(c2)CCO3)C1. The highest BCUT2D eigenvalue weighted by atomic mass is 32.2. The van der Waals surface area contributed by atoms with Gasteiger partial charge in [0.25, 0.3) is 0 Å². The summed E-state index contributed by atoms with van der Waals surface area (Å²) in [5.74, 6) is 1.14. The second-order valence-electron chi connectivity index (χ2n) is 4.69. The van der Waals surface area contributed by atoms with Crippen molar-refractivity contribution in [1.29, 1.82) is 0 Å². The van der Waals surface area contributed by atoms with E-state index in [4.69, 9.17) is 4.74 Å². The van der Waals surface area contributed by atoms with E-state index in [-0.39, 0.29) is 11.8 Å². The van der Waals surface area contributed by atoms with Gasteiger partial charge >= 0.3 is 0 Å². The zero-order valence-corrected chi connectivity index (χ0v) is 10.7. The molecule has 2 aliphatic heterocycles. The molecule has 0 aliphatic carbocycles. The highest BCUT2D eigenvalue weighted by molar-refractivity contribution is 7.94. The molecule has 0 bridgehead atoms. The molecule has 1 atom stereocenters. The minimum absolute atomic E-state index is 0.0699. The van der Waals surface area contributed by atoms with Crippen LogP contribution in [0.3, 0.4) is 0 Å². The van der Waals surface area contributed by atoms with E-state index in [2.05, 4.69) is 11.4 Å². The summed E-state index contributed by atoms with van der Waals surface area (Å²) in [5.41, 5.74) is 2.40. The van der Waals surface area contributed by atoms with Crippen molar-refractivity contribution in [3.05, 3.63) is 40.8 Å². The Morgan fingerprint density at radius 2 is 2.28 bits per heavy atom. The van der Waals surface area contributed by atoms with Crippen molar-refractivity contribution in [3.8, 4) is 5.75 Å². The molecule has 1 aromatic rings. The zero-order chi connectivity index (χ0) is 12.6. The van der Waals surface area contributed by atoms with E-state index in [1.165, 1.54) is 11.0 Å². The number of hydrogen-bond acceptors (Lipinski definition) is 4. The van der Waals surface area contributed by atoms with Crippen molar-refractivity contribution in [1.82, 2.24) is 5.32 Å². The Labute approximate surface area is 107 Å². The fraction of sp³-hybridized carbons (Fsp3) is 0.385. The van der Waals surface area contributed by atoms with Crippen molar-refractivity contribution in [2.45, 2.75) is 19.0 Å². The van der Waals surface area contributed by atoms with E-state index >= 15 is 0 Å². The molecular formula is C13H15NO3S. The lowest BCUT2D eigenvalue weighted by atomic mass is 10.1. The first-order chi connectivity index (χ1) is 8.62. The van der Waals surface area contributed by atoms with E-state index in [9.17, 15) is 8.42 Å². The van der Waals surface area contributed by atoms with Crippen molar-refractivity contribution < 1.29 is 13.2 Å². The summed E-state index contributed by atoms with van der Waals surface area (Å²) in [4.78, 5) is 0. The Morgan fingerprint density at radius 3 is 3.06 bits per heavy atom. The van der Waals surface area contributed by atoms with Gasteiger partial charge in [0.2, 0.25) is 0 Å². The number of benzene rings is 1. The summed E-state index contributed by atoms with van der Waals surface area (Å²) < 4.78 is 28.0. The fourth-order valence-electron chi connectivity index (χ4n) is 2.30. The lowest BCUT2D eigenvalue weighted by Gasteiger charge is -2.10. The van der Waals surface area contributed by atoms with Gasteiger partial charge in [-0.3, -0.25) is 0 Å². The lowest BCUT2D eigenvalue weighted by molar-refractivity contribution is 0.357. The van der Waals surface area contributed by atoms with Crippen LogP contribution in [0.1, 0.15) is 11.1 Å². The van der Waals surface area contributed by atoms with Crippen molar-refractivity contribution in [3.63, 3.8) is 0 Å². The number of fused-ring (bicyclic) bond motifs is 1. The van der Waals surface area contributed by atoms with Gasteiger partial charge in [-0.05, 0) is 17.2 Å². The van der Waals surface area contributed by atoms with E-state index < -0.39 is 9.84 Å². The maximum absolute atomic E-state index is 11.3. The minimum Gasteiger partial charge on any atom is -0.493 e. The molecule has 0 aromatic heterocycles. The second kappa shape index (κ2) is 4.40. The summed E-state index contributed by atoms with van der Waals surface area (Å²) in [7, 11) is -2.97. The van der Waals surface area contributed by atoms with Gasteiger partial charge < -0.3 is 10.1 Å². The maximum Gasteiger partial charge on any atom is 0.173 e. The molecule has 18 heavy (non-hydrogen) atoms. The van der Waals surface area contributed by atoms with Crippen LogP contribution >= 0.6 is 0 Å². The van der Waals surface area contributed by atoms with Crippen LogP contribution in [0.2, 0.25) is 0 Å². The van der Waals surface area contributed by atoms with Crippen LogP contribution in [0.25, 0.3) is 0 Å². The molecule has 96 valence electrons. The molecule has 0 fully saturated rings. The average Bonchev–Trinajstić information content (AvgIpc) is 2.92. The molecule has 0 amide bonds. The van der Waals surface area contributed by atoms with Gasteiger partial charge in [-0.2, -0.15) is 0 Å². The van der Waals surface area contributed by atoms with Gasteiger partial charge in [0.1, 0.15) is 5.75 Å². The van der Waals surface area contributed by atoms with Crippen LogP contribution in [0.5, 0.6) is 5.75 Å². The number of nitrogens with one attached hydrogen (secondary N) is 1. The smallest absolute Gasteiger partial charge is 0.173 e. The third-order valence-corrected chi connectivity index (χ3v) is 4.65. The standard InChI is InChI=1S/C13H15NO3S/c15-18(16)6-4-12(9-18)14-8-10-1-2-13-11(7-10)3-5-17-13/h1-2,4,6-7,12,14H,3,5,8-9H2. The zero-order valence-electron chi connectivity index (χ0n) is 9.93. The van der Waals surface area contributed by atoms with E-state index in [0.717, 1.165) is 24.3 Å². The van der Waals surface area contributed by atoms with Crippen LogP contribution < -0.4 is 10.1 Å². The van der Waals surface area contributed by atoms with Crippen LogP contribution in [-0.2, 0) is 22.8 Å². The quantitative estimate of drug-likeness (QED) is 0.886. The Hall–Kier alpha value is -1.33. The molecule has 0 radical (unpaired) electrons. The van der Waals surface area contributed by atoms with Gasteiger partial charge in [-0.15, -0.1) is 0 Å². The Balaban J connectivity index is 1.63. The maximum atomic E-state index is 11.3. The monoisotopic (exact) mass is 265 g/mol. The first-order valence-electron chi connectivity index (χ1n) is 6.01. The minimum atomic E-state index is -2.97. The lowest BCUT2D eigenvalue weighted by Crippen LogP contribution is -2.29. The molecule has 2 heterocycles. The molecule has 1 unspecified atom stereocenters. The molecule has 4 nitrogen and oxygen atoms in total. The van der Waals surface area contributed by atoms with Crippen LogP contribution in [0, 0.1) is 0 Å². The number of hydrogen-bond donors (Lipinski definition) is 1. The molecule has 0 spiro atoms. The van der Waals surface area contributed by atoms with Gasteiger partial charge in [0.05, 0.1) is 12.4 Å². The Morgan fingerprint density at radius 1 is 1.39 bits per heavy atom. The molecule has 0 saturated carbocycles. The summed E-state index contributed by atoms with van der Waals surface area (Å²) >= 11 is 0. The topological polar surface area (TPSA) is 55.4 Å². The molecule has 1 N–H and O–H groups in total. The summed E-state index contributed by atoms with van der Waals surface area (Å²) in [6, 6.07) is 6.06. The molecule has 0 saturated heterocycles. The van der Waals surface area contributed by atoms with Gasteiger partial charge in [0.15, 0.2) is 9.84 Å². The first-order valence-corrected chi connectivity index (χ1v) is 7.73. The Kier molecular flexibility index (Phi) is 2.87. The van der Waals surface area contributed by atoms with E-state index in [1.54, 1.807) is 6.08 Å². The highest BCUT2D eigenvalue weighted by Gasteiger charge is 2.21. The van der Waals surface area contributed by atoms with E-state index in [1.807, 2.05) is 12.1 Å². The first kappa shape index (κ1) is 11.7. The number of ether oxygens (including phenoxy) is 1. The number of sulfone groups is 1. The fourth-order valence-corrected chi connectivity index (χ4v) is 3.57. The van der Waals surface area contributed by atoms with Crippen LogP contribution in [0.4, 0.5) is 0 Å². The van der Waals surface area contributed by atoms with Crippen molar-refractivity contribution in [2.24, 2.45) is 0 Å². The summed E-state index contributed by atoms with van der Waals surface area (Å²) in [6.07, 6.45) is 2.67. The molecular weight excluding hydrogens is 250 g/mol. The van der Waals surface area contributed by atoms with Gasteiger partial charge in [-0.25, -0.2) is 8.42 Å². The van der Waals surface area contributed by atoms with Gasteiger partial charge in [0, 0.05) is 24.4 Å². The molecule has 5 heteroatoms. The third-order valence-electron chi connectivity index (χ3n) is 3.25. The summed E-state index contributed by atoms with van der Waals surface area (Å²) in [6.45, 7) is 1.44. The second-order valence-corrected chi connectivity index (χ2v) is 6.62. The van der Waals surface area contributed by atoms with Crippen molar-refractivity contribution >= 4 is 9.84 Å². The third kappa shape index (κ3) is 2.42. The predicted molar refractivity (Wildman–Crippen MR) is 69.2 cm³/mol. The highest BCUT2D eigenvalue weighted by Crippen LogP contribution is 2.25. The Bertz CT molecular complexity index is 592. The van der Waals surface area contributed by atoms with Crippen LogP contribution in [-0.4, -0.2) is 26.8 Å². The average molecular weight is 265 g/mol. The number of rotatable bonds is 3. The normalized spacial score (nSPS) is 23.9. The van der Waals surface area contributed by atoms with E-state index in [0.29, 0.717) is 6.54 Å². The predicted octanol–water partition coefficient (Wildman–Crippen LogP) is 1.02. The van der Waals surface area contributed by atoms with Gasteiger partial charge in [-0.1, -0.05) is 18.2 Å². The molecule has 3 rings (SSSR count).